The average molecular weight is 294 g/mol. The summed E-state index contributed by atoms with van der Waals surface area (Å²) in [6.07, 6.45) is 0. The molecular formula is C13H12ClN3O3. The van der Waals surface area contributed by atoms with E-state index in [9.17, 15) is 14.7 Å². The molecule has 1 N–H and O–H groups in total. The summed E-state index contributed by atoms with van der Waals surface area (Å²) in [5.41, 5.74) is 1.07. The number of amides is 3. The van der Waals surface area contributed by atoms with Crippen molar-refractivity contribution in [3.05, 3.63) is 28.3 Å². The van der Waals surface area contributed by atoms with Crippen LogP contribution in [-0.2, 0) is 4.79 Å². The van der Waals surface area contributed by atoms with E-state index in [2.05, 4.69) is 0 Å². The van der Waals surface area contributed by atoms with Gasteiger partial charge in [0.15, 0.2) is 0 Å². The minimum absolute atomic E-state index is 0.209. The Balaban J connectivity index is 2.53. The van der Waals surface area contributed by atoms with Crippen LogP contribution >= 0.6 is 11.6 Å². The number of hydrogen-bond acceptors (Lipinski definition) is 4. The van der Waals surface area contributed by atoms with Crippen LogP contribution in [0.4, 0.5) is 10.5 Å². The number of imide groups is 1. The Morgan fingerprint density at radius 1 is 1.45 bits per heavy atom. The van der Waals surface area contributed by atoms with Gasteiger partial charge in [-0.2, -0.15) is 5.26 Å². The summed E-state index contributed by atoms with van der Waals surface area (Å²) in [5.74, 6) is -0.510. The Morgan fingerprint density at radius 3 is 2.60 bits per heavy atom. The van der Waals surface area contributed by atoms with Crippen molar-refractivity contribution in [1.82, 2.24) is 4.90 Å². The molecule has 20 heavy (non-hydrogen) atoms. The number of nitrogens with zero attached hydrogens (tertiary/aromatic N) is 3. The van der Waals surface area contributed by atoms with Gasteiger partial charge in [-0.25, -0.2) is 9.69 Å². The summed E-state index contributed by atoms with van der Waals surface area (Å²) in [5, 5.41) is 18.3. The molecule has 0 radical (unpaired) electrons. The topological polar surface area (TPSA) is 84.6 Å². The van der Waals surface area contributed by atoms with Gasteiger partial charge in [0.25, 0.3) is 5.91 Å². The van der Waals surface area contributed by atoms with Gasteiger partial charge in [0, 0.05) is 7.05 Å². The quantitative estimate of drug-likeness (QED) is 0.832. The number of likely N-dealkylation sites (N-methyl/N-ethyl adjacent to an activating group) is 1. The molecule has 1 aromatic rings. The maximum atomic E-state index is 12.2. The summed E-state index contributed by atoms with van der Waals surface area (Å²) in [7, 11) is 1.45. The first-order chi connectivity index (χ1) is 9.43. The van der Waals surface area contributed by atoms with Crippen LogP contribution in [0.3, 0.4) is 0 Å². The average Bonchev–Trinajstić information content (AvgIpc) is 2.64. The number of hydrogen-bond donors (Lipinski definition) is 1. The minimum atomic E-state index is -0.892. The second-order valence-corrected chi connectivity index (χ2v) is 4.83. The molecule has 2 rings (SSSR count). The van der Waals surface area contributed by atoms with Gasteiger partial charge in [0.05, 0.1) is 22.9 Å². The number of anilines is 1. The van der Waals surface area contributed by atoms with Crippen molar-refractivity contribution in [2.24, 2.45) is 0 Å². The van der Waals surface area contributed by atoms with Crippen LogP contribution in [0.5, 0.6) is 0 Å². The van der Waals surface area contributed by atoms with E-state index in [1.165, 1.54) is 24.1 Å². The molecule has 3 amide bonds. The van der Waals surface area contributed by atoms with Crippen molar-refractivity contribution in [2.75, 3.05) is 18.6 Å². The molecule has 1 aromatic carbocycles. The molecule has 6 nitrogen and oxygen atoms in total. The molecule has 1 saturated heterocycles. The zero-order valence-corrected chi connectivity index (χ0v) is 11.7. The van der Waals surface area contributed by atoms with E-state index in [-0.39, 0.29) is 10.6 Å². The van der Waals surface area contributed by atoms with Gasteiger partial charge in [-0.3, -0.25) is 4.79 Å². The highest BCUT2D eigenvalue weighted by molar-refractivity contribution is 6.33. The lowest BCUT2D eigenvalue weighted by molar-refractivity contribution is -0.120. The van der Waals surface area contributed by atoms with Crippen molar-refractivity contribution in [3.63, 3.8) is 0 Å². The molecule has 104 valence electrons. The predicted molar refractivity (Wildman–Crippen MR) is 72.4 cm³/mol. The number of carbonyl (C=O) groups excluding carboxylic acids is 2. The van der Waals surface area contributed by atoms with E-state index in [4.69, 9.17) is 16.9 Å². The zero-order valence-electron chi connectivity index (χ0n) is 10.9. The number of rotatable bonds is 2. The Hall–Kier alpha value is -2.10. The molecule has 1 fully saturated rings. The number of carbonyl (C=O) groups is 2. The van der Waals surface area contributed by atoms with Crippen molar-refractivity contribution >= 4 is 29.2 Å². The number of benzene rings is 1. The van der Waals surface area contributed by atoms with Gasteiger partial charge in [0.2, 0.25) is 0 Å². The SMILES string of the molecule is Cc1c(N2C(=O)C(CO)N(C)C2=O)ccc(C#N)c1Cl. The lowest BCUT2D eigenvalue weighted by Crippen LogP contribution is -2.34. The van der Waals surface area contributed by atoms with Gasteiger partial charge in [-0.05, 0) is 24.6 Å². The fourth-order valence-corrected chi connectivity index (χ4v) is 2.33. The Morgan fingerprint density at radius 2 is 2.10 bits per heavy atom. The standard InChI is InChI=1S/C13H12ClN3O3/c1-7-9(4-3-8(5-15)11(7)14)17-12(19)10(6-18)16(2)13(17)20/h3-4,10,18H,6H2,1-2H3. The van der Waals surface area contributed by atoms with Crippen LogP contribution in [0.15, 0.2) is 12.1 Å². The molecule has 0 aromatic heterocycles. The van der Waals surface area contributed by atoms with Crippen LogP contribution in [-0.4, -0.2) is 41.6 Å². The summed E-state index contributed by atoms with van der Waals surface area (Å²) in [6.45, 7) is 1.19. The van der Waals surface area contributed by atoms with Crippen molar-refractivity contribution in [3.8, 4) is 6.07 Å². The lowest BCUT2D eigenvalue weighted by atomic mass is 10.1. The first kappa shape index (κ1) is 14.3. The molecule has 1 atom stereocenters. The Bertz CT molecular complexity index is 638. The minimum Gasteiger partial charge on any atom is -0.394 e. The van der Waals surface area contributed by atoms with Crippen LogP contribution < -0.4 is 4.90 Å². The van der Waals surface area contributed by atoms with Crippen molar-refractivity contribution in [1.29, 1.82) is 5.26 Å². The molecule has 0 aliphatic carbocycles. The third-order valence-corrected chi connectivity index (χ3v) is 3.85. The first-order valence-electron chi connectivity index (χ1n) is 5.84. The Labute approximate surface area is 120 Å². The van der Waals surface area contributed by atoms with Gasteiger partial charge in [0.1, 0.15) is 12.1 Å². The molecule has 0 saturated carbocycles. The van der Waals surface area contributed by atoms with E-state index in [1.807, 2.05) is 6.07 Å². The number of halogens is 1. The van der Waals surface area contributed by atoms with Crippen molar-refractivity contribution in [2.45, 2.75) is 13.0 Å². The maximum absolute atomic E-state index is 12.2. The third-order valence-electron chi connectivity index (χ3n) is 3.36. The van der Waals surface area contributed by atoms with Crippen molar-refractivity contribution < 1.29 is 14.7 Å². The Kier molecular flexibility index (Phi) is 3.66. The van der Waals surface area contributed by atoms with E-state index in [0.717, 1.165) is 4.90 Å². The molecule has 1 heterocycles. The monoisotopic (exact) mass is 293 g/mol. The highest BCUT2D eigenvalue weighted by atomic mass is 35.5. The number of aliphatic hydroxyl groups is 1. The predicted octanol–water partition coefficient (Wildman–Crippen LogP) is 1.28. The second kappa shape index (κ2) is 5.12. The number of nitriles is 1. The fraction of sp³-hybridized carbons (Fsp3) is 0.308. The molecule has 1 unspecified atom stereocenters. The molecule has 7 heteroatoms. The fourth-order valence-electron chi connectivity index (χ4n) is 2.13. The maximum Gasteiger partial charge on any atom is 0.331 e. The lowest BCUT2D eigenvalue weighted by Gasteiger charge is -2.17. The number of urea groups is 1. The molecule has 0 spiro atoms. The molecule has 0 bridgehead atoms. The van der Waals surface area contributed by atoms with E-state index in [1.54, 1.807) is 6.92 Å². The smallest absolute Gasteiger partial charge is 0.331 e. The van der Waals surface area contributed by atoms with Gasteiger partial charge in [-0.1, -0.05) is 11.6 Å². The van der Waals surface area contributed by atoms with Gasteiger partial charge >= 0.3 is 6.03 Å². The summed E-state index contributed by atoms with van der Waals surface area (Å²) >= 11 is 6.04. The second-order valence-electron chi connectivity index (χ2n) is 4.45. The summed E-state index contributed by atoms with van der Waals surface area (Å²) in [6, 6.07) is 3.47. The van der Waals surface area contributed by atoms with Gasteiger partial charge < -0.3 is 10.0 Å². The molecular weight excluding hydrogens is 282 g/mol. The van der Waals surface area contributed by atoms with Gasteiger partial charge in [-0.15, -0.1) is 0 Å². The zero-order chi connectivity index (χ0) is 15.0. The highest BCUT2D eigenvalue weighted by Crippen LogP contribution is 2.33. The van der Waals surface area contributed by atoms with Crippen LogP contribution in [0, 0.1) is 18.3 Å². The normalized spacial score (nSPS) is 18.6. The summed E-state index contributed by atoms with van der Waals surface area (Å²) in [4.78, 5) is 26.4. The van der Waals surface area contributed by atoms with Crippen LogP contribution in [0.1, 0.15) is 11.1 Å². The van der Waals surface area contributed by atoms with Crippen LogP contribution in [0.2, 0.25) is 5.02 Å². The van der Waals surface area contributed by atoms with E-state index in [0.29, 0.717) is 11.3 Å². The highest BCUT2D eigenvalue weighted by Gasteiger charge is 2.44. The first-order valence-corrected chi connectivity index (χ1v) is 6.22. The molecule has 1 aliphatic rings. The van der Waals surface area contributed by atoms with E-state index >= 15 is 0 Å². The number of aliphatic hydroxyl groups excluding tert-OH is 1. The largest absolute Gasteiger partial charge is 0.394 e. The van der Waals surface area contributed by atoms with E-state index < -0.39 is 24.6 Å². The van der Waals surface area contributed by atoms with Crippen LogP contribution in [0.25, 0.3) is 0 Å². The molecule has 1 aliphatic heterocycles. The summed E-state index contributed by atoms with van der Waals surface area (Å²) < 4.78 is 0. The third kappa shape index (κ3) is 1.92.